The van der Waals surface area contributed by atoms with Crippen LogP contribution in [0.3, 0.4) is 0 Å². The standard InChI is InChI=1S/C24H30N8/c1-17(2)31(18(3)4)15-14-26-22-21-23(32(16-27-21)20-8-6-5-7-9-20)30-24(29-22)28-19-10-12-25-13-11-19/h5-13,16-18H,14-15H2,1-4H3,(H2,25,26,28,29,30). The quantitative estimate of drug-likeness (QED) is 0.405. The van der Waals surface area contributed by atoms with Crippen LogP contribution in [0.4, 0.5) is 17.5 Å². The van der Waals surface area contributed by atoms with Crippen LogP contribution in [0.5, 0.6) is 0 Å². The van der Waals surface area contributed by atoms with Crippen molar-refractivity contribution in [3.05, 3.63) is 61.2 Å². The lowest BCUT2D eigenvalue weighted by molar-refractivity contribution is 0.182. The molecule has 32 heavy (non-hydrogen) atoms. The first-order chi connectivity index (χ1) is 15.5. The van der Waals surface area contributed by atoms with Crippen molar-refractivity contribution in [2.45, 2.75) is 39.8 Å². The average Bonchev–Trinajstić information content (AvgIpc) is 3.21. The Morgan fingerprint density at radius 1 is 0.938 bits per heavy atom. The van der Waals surface area contributed by atoms with E-state index >= 15 is 0 Å². The molecule has 0 atom stereocenters. The maximum Gasteiger partial charge on any atom is 0.231 e. The lowest BCUT2D eigenvalue weighted by atomic mass is 10.2. The second-order valence-electron chi connectivity index (χ2n) is 8.23. The van der Waals surface area contributed by atoms with Gasteiger partial charge in [-0.25, -0.2) is 4.98 Å². The summed E-state index contributed by atoms with van der Waals surface area (Å²) in [6.07, 6.45) is 5.27. The van der Waals surface area contributed by atoms with E-state index in [-0.39, 0.29) is 0 Å². The van der Waals surface area contributed by atoms with Gasteiger partial charge in [-0.2, -0.15) is 9.97 Å². The van der Waals surface area contributed by atoms with Crippen LogP contribution in [0.1, 0.15) is 27.7 Å². The zero-order valence-electron chi connectivity index (χ0n) is 19.0. The topological polar surface area (TPSA) is 83.8 Å². The van der Waals surface area contributed by atoms with Gasteiger partial charge in [0.25, 0.3) is 0 Å². The van der Waals surface area contributed by atoms with E-state index in [2.05, 4.69) is 53.2 Å². The number of pyridine rings is 1. The minimum absolute atomic E-state index is 0.475. The molecule has 0 fully saturated rings. The highest BCUT2D eigenvalue weighted by atomic mass is 15.2. The SMILES string of the molecule is CC(C)N(CCNc1nc(Nc2ccncc2)nc2c1ncn2-c1ccccc1)C(C)C. The minimum atomic E-state index is 0.475. The molecule has 2 N–H and O–H groups in total. The van der Waals surface area contributed by atoms with Gasteiger partial charge >= 0.3 is 0 Å². The molecule has 1 aromatic carbocycles. The summed E-state index contributed by atoms with van der Waals surface area (Å²) in [5.74, 6) is 1.22. The molecule has 0 bridgehead atoms. The van der Waals surface area contributed by atoms with E-state index in [4.69, 9.17) is 9.97 Å². The van der Waals surface area contributed by atoms with Gasteiger partial charge in [-0.1, -0.05) is 18.2 Å². The maximum atomic E-state index is 4.77. The van der Waals surface area contributed by atoms with Gasteiger partial charge in [0.15, 0.2) is 17.0 Å². The van der Waals surface area contributed by atoms with Crippen LogP contribution in [-0.4, -0.2) is 54.6 Å². The monoisotopic (exact) mass is 430 g/mol. The van der Waals surface area contributed by atoms with Gasteiger partial charge in [-0.3, -0.25) is 14.5 Å². The zero-order valence-corrected chi connectivity index (χ0v) is 19.0. The molecule has 0 saturated heterocycles. The molecule has 8 nitrogen and oxygen atoms in total. The second kappa shape index (κ2) is 9.74. The van der Waals surface area contributed by atoms with Gasteiger partial charge in [0.1, 0.15) is 6.33 Å². The third-order valence-electron chi connectivity index (χ3n) is 5.36. The number of fused-ring (bicyclic) bond motifs is 1. The Balaban J connectivity index is 1.67. The van der Waals surface area contributed by atoms with Crippen molar-refractivity contribution in [3.8, 4) is 5.69 Å². The van der Waals surface area contributed by atoms with Crippen molar-refractivity contribution in [3.63, 3.8) is 0 Å². The van der Waals surface area contributed by atoms with Crippen LogP contribution in [0.2, 0.25) is 0 Å². The molecule has 0 radical (unpaired) electrons. The Morgan fingerprint density at radius 2 is 1.66 bits per heavy atom. The summed E-state index contributed by atoms with van der Waals surface area (Å²) in [6.45, 7) is 10.6. The Labute approximate surface area is 188 Å². The molecule has 166 valence electrons. The number of hydrogen-bond donors (Lipinski definition) is 2. The maximum absolute atomic E-state index is 4.77. The number of para-hydroxylation sites is 1. The van der Waals surface area contributed by atoms with E-state index in [9.17, 15) is 0 Å². The summed E-state index contributed by atoms with van der Waals surface area (Å²) in [7, 11) is 0. The zero-order chi connectivity index (χ0) is 22.5. The fourth-order valence-electron chi connectivity index (χ4n) is 3.84. The first kappa shape index (κ1) is 21.7. The molecule has 4 aromatic rings. The summed E-state index contributed by atoms with van der Waals surface area (Å²) in [5, 5.41) is 6.78. The normalized spacial score (nSPS) is 11.6. The first-order valence-electron chi connectivity index (χ1n) is 11.0. The molecule has 4 rings (SSSR count). The van der Waals surface area contributed by atoms with Crippen molar-refractivity contribution in [2.75, 3.05) is 23.7 Å². The Bertz CT molecular complexity index is 1130. The molecule has 0 amide bonds. The lowest BCUT2D eigenvalue weighted by Crippen LogP contribution is -2.40. The van der Waals surface area contributed by atoms with Gasteiger partial charge in [-0.05, 0) is 52.0 Å². The minimum Gasteiger partial charge on any atom is -0.367 e. The van der Waals surface area contributed by atoms with Crippen LogP contribution in [0.25, 0.3) is 16.9 Å². The fourth-order valence-corrected chi connectivity index (χ4v) is 3.84. The summed E-state index contributed by atoms with van der Waals surface area (Å²) >= 11 is 0. The highest BCUT2D eigenvalue weighted by Crippen LogP contribution is 2.25. The number of nitrogens with zero attached hydrogens (tertiary/aromatic N) is 6. The summed E-state index contributed by atoms with van der Waals surface area (Å²) in [5.41, 5.74) is 3.37. The van der Waals surface area contributed by atoms with Crippen molar-refractivity contribution in [1.29, 1.82) is 0 Å². The molecule has 0 spiro atoms. The van der Waals surface area contributed by atoms with Crippen LogP contribution in [0.15, 0.2) is 61.2 Å². The van der Waals surface area contributed by atoms with Crippen molar-refractivity contribution >= 4 is 28.6 Å². The van der Waals surface area contributed by atoms with Gasteiger partial charge in [0.05, 0.1) is 0 Å². The van der Waals surface area contributed by atoms with Crippen LogP contribution < -0.4 is 10.6 Å². The van der Waals surface area contributed by atoms with Gasteiger partial charge in [0, 0.05) is 48.9 Å². The molecule has 0 aliphatic rings. The number of benzene rings is 1. The van der Waals surface area contributed by atoms with Crippen molar-refractivity contribution in [1.82, 2.24) is 29.4 Å². The predicted molar refractivity (Wildman–Crippen MR) is 130 cm³/mol. The first-order valence-corrected chi connectivity index (χ1v) is 11.0. The third-order valence-corrected chi connectivity index (χ3v) is 5.36. The summed E-state index contributed by atoms with van der Waals surface area (Å²) < 4.78 is 1.98. The van der Waals surface area contributed by atoms with Crippen LogP contribution in [-0.2, 0) is 0 Å². The molecule has 0 aliphatic carbocycles. The lowest BCUT2D eigenvalue weighted by Gasteiger charge is -2.30. The number of hydrogen-bond acceptors (Lipinski definition) is 7. The van der Waals surface area contributed by atoms with Gasteiger partial charge in [0.2, 0.25) is 5.95 Å². The van der Waals surface area contributed by atoms with Crippen LogP contribution in [0, 0.1) is 0 Å². The number of imidazole rings is 1. The molecule has 3 heterocycles. The van der Waals surface area contributed by atoms with E-state index in [0.29, 0.717) is 23.8 Å². The van der Waals surface area contributed by atoms with E-state index in [1.54, 1.807) is 18.7 Å². The van der Waals surface area contributed by atoms with E-state index in [1.807, 2.05) is 47.0 Å². The molecule has 8 heteroatoms. The van der Waals surface area contributed by atoms with E-state index in [0.717, 1.165) is 35.6 Å². The largest absolute Gasteiger partial charge is 0.367 e. The molecule has 0 aliphatic heterocycles. The highest BCUT2D eigenvalue weighted by Gasteiger charge is 2.16. The summed E-state index contributed by atoms with van der Waals surface area (Å²) in [6, 6.07) is 14.8. The smallest absolute Gasteiger partial charge is 0.231 e. The molecule has 3 aromatic heterocycles. The van der Waals surface area contributed by atoms with E-state index < -0.39 is 0 Å². The Hall–Kier alpha value is -3.52. The molecular formula is C24H30N8. The number of rotatable bonds is 9. The van der Waals surface area contributed by atoms with Crippen molar-refractivity contribution < 1.29 is 0 Å². The van der Waals surface area contributed by atoms with Gasteiger partial charge < -0.3 is 10.6 Å². The van der Waals surface area contributed by atoms with Crippen molar-refractivity contribution in [2.24, 2.45) is 0 Å². The van der Waals surface area contributed by atoms with Gasteiger partial charge in [-0.15, -0.1) is 0 Å². The van der Waals surface area contributed by atoms with Crippen LogP contribution >= 0.6 is 0 Å². The predicted octanol–water partition coefficient (Wildman–Crippen LogP) is 4.48. The molecule has 0 unspecified atom stereocenters. The number of aromatic nitrogens is 5. The fraction of sp³-hybridized carbons (Fsp3) is 0.333. The third kappa shape index (κ3) is 4.86. The molecular weight excluding hydrogens is 400 g/mol. The Kier molecular flexibility index (Phi) is 6.61. The van der Waals surface area contributed by atoms with E-state index in [1.165, 1.54) is 0 Å². The summed E-state index contributed by atoms with van der Waals surface area (Å²) in [4.78, 5) is 20.7. The molecule has 0 saturated carbocycles. The Morgan fingerprint density at radius 3 is 2.34 bits per heavy atom. The second-order valence-corrected chi connectivity index (χ2v) is 8.23. The number of anilines is 3. The number of nitrogens with one attached hydrogen (secondary N) is 2. The average molecular weight is 431 g/mol. The highest BCUT2D eigenvalue weighted by molar-refractivity contribution is 5.85.